The maximum absolute atomic E-state index is 13.1. The molecule has 3 rings (SSSR count). The molecule has 0 bridgehead atoms. The minimum absolute atomic E-state index is 0.0236. The highest BCUT2D eigenvalue weighted by Crippen LogP contribution is 2.24. The van der Waals surface area contributed by atoms with Gasteiger partial charge >= 0.3 is 0 Å². The molecule has 1 aliphatic heterocycles. The molecule has 32 heavy (non-hydrogen) atoms. The number of nitrogens with one attached hydrogen (secondary N) is 1. The first kappa shape index (κ1) is 24.2. The lowest BCUT2D eigenvalue weighted by Crippen LogP contribution is -2.43. The Labute approximate surface area is 189 Å². The average molecular weight is 463 g/mol. The van der Waals surface area contributed by atoms with Crippen LogP contribution in [0.2, 0.25) is 0 Å². The van der Waals surface area contributed by atoms with Crippen molar-refractivity contribution in [3.8, 4) is 5.75 Å². The molecule has 0 radical (unpaired) electrons. The number of nitrogens with zero attached hydrogens (tertiary/aromatic N) is 1. The molecule has 1 amide bonds. The lowest BCUT2D eigenvalue weighted by Gasteiger charge is -2.30. The monoisotopic (exact) mass is 462 g/mol. The van der Waals surface area contributed by atoms with Crippen molar-refractivity contribution in [2.75, 3.05) is 19.6 Å². The number of benzene rings is 2. The van der Waals surface area contributed by atoms with E-state index in [-0.39, 0.29) is 35.9 Å². The zero-order chi connectivity index (χ0) is 23.1. The van der Waals surface area contributed by atoms with Gasteiger partial charge in [-0.05, 0) is 81.5 Å². The fourth-order valence-corrected chi connectivity index (χ4v) is 5.24. The summed E-state index contributed by atoms with van der Waals surface area (Å²) in [5.74, 6) is 0.160. The maximum Gasteiger partial charge on any atom is 0.243 e. The van der Waals surface area contributed by atoms with Crippen LogP contribution in [0.25, 0.3) is 0 Å². The molecule has 0 unspecified atom stereocenters. The number of rotatable bonds is 9. The highest BCUT2D eigenvalue weighted by molar-refractivity contribution is 7.89. The third kappa shape index (κ3) is 6.53. The molecule has 8 heteroatoms. The Kier molecular flexibility index (Phi) is 8.26. The molecule has 1 fully saturated rings. The summed E-state index contributed by atoms with van der Waals surface area (Å²) in [4.78, 5) is 12.6. The average Bonchev–Trinajstić information content (AvgIpc) is 2.77. The van der Waals surface area contributed by atoms with E-state index in [4.69, 9.17) is 4.74 Å². The molecule has 6 nitrogen and oxygen atoms in total. The molecule has 0 saturated carbocycles. The summed E-state index contributed by atoms with van der Waals surface area (Å²) < 4.78 is 45.5. The number of ether oxygens (including phenoxy) is 1. The van der Waals surface area contributed by atoms with Crippen LogP contribution in [0.15, 0.2) is 53.4 Å². The van der Waals surface area contributed by atoms with Crippen LogP contribution in [0.1, 0.15) is 38.7 Å². The van der Waals surface area contributed by atoms with Crippen LogP contribution in [-0.2, 0) is 21.2 Å². The van der Waals surface area contributed by atoms with Gasteiger partial charge in [-0.3, -0.25) is 4.79 Å². The Balaban J connectivity index is 1.39. The number of hydrogen-bond donors (Lipinski definition) is 1. The summed E-state index contributed by atoms with van der Waals surface area (Å²) >= 11 is 0. The minimum Gasteiger partial charge on any atom is -0.491 e. The van der Waals surface area contributed by atoms with Crippen LogP contribution in [0.3, 0.4) is 0 Å². The molecule has 174 valence electrons. The predicted molar refractivity (Wildman–Crippen MR) is 121 cm³/mol. The lowest BCUT2D eigenvalue weighted by atomic mass is 9.97. The summed E-state index contributed by atoms with van der Waals surface area (Å²) in [6.45, 7) is 5.12. The van der Waals surface area contributed by atoms with E-state index in [0.717, 1.165) is 30.7 Å². The number of halogens is 1. The topological polar surface area (TPSA) is 75.7 Å². The molecule has 2 aromatic rings. The van der Waals surface area contributed by atoms with Crippen LogP contribution >= 0.6 is 0 Å². The fraction of sp³-hybridized carbons (Fsp3) is 0.458. The quantitative estimate of drug-likeness (QED) is 0.576. The van der Waals surface area contributed by atoms with Crippen molar-refractivity contribution in [1.82, 2.24) is 9.62 Å². The normalized spacial score (nSPS) is 15.6. The molecular weight excluding hydrogens is 431 g/mol. The Morgan fingerprint density at radius 1 is 1.09 bits per heavy atom. The van der Waals surface area contributed by atoms with E-state index in [1.807, 2.05) is 38.1 Å². The highest BCUT2D eigenvalue weighted by Gasteiger charge is 2.31. The molecule has 1 saturated heterocycles. The number of piperidine rings is 1. The zero-order valence-electron chi connectivity index (χ0n) is 18.6. The molecule has 1 aliphatic rings. The van der Waals surface area contributed by atoms with Crippen molar-refractivity contribution in [2.45, 2.75) is 50.5 Å². The number of hydrogen-bond acceptors (Lipinski definition) is 4. The van der Waals surface area contributed by atoms with Crippen molar-refractivity contribution in [2.24, 2.45) is 5.92 Å². The first-order valence-electron chi connectivity index (χ1n) is 11.0. The smallest absolute Gasteiger partial charge is 0.243 e. The maximum atomic E-state index is 13.1. The number of amides is 1. The van der Waals surface area contributed by atoms with E-state index in [0.29, 0.717) is 19.4 Å². The predicted octanol–water partition coefficient (Wildman–Crippen LogP) is 3.76. The minimum atomic E-state index is -3.66. The summed E-state index contributed by atoms with van der Waals surface area (Å²) in [7, 11) is -3.66. The summed E-state index contributed by atoms with van der Waals surface area (Å²) in [6, 6.07) is 12.8. The highest BCUT2D eigenvalue weighted by atomic mass is 32.2. The Hall–Kier alpha value is -2.45. The van der Waals surface area contributed by atoms with Crippen molar-refractivity contribution < 1.29 is 22.3 Å². The van der Waals surface area contributed by atoms with Gasteiger partial charge in [0.2, 0.25) is 15.9 Å². The number of carbonyl (C=O) groups is 1. The molecule has 0 aliphatic carbocycles. The second kappa shape index (κ2) is 10.9. The molecule has 0 atom stereocenters. The van der Waals surface area contributed by atoms with Crippen molar-refractivity contribution >= 4 is 15.9 Å². The SMILES string of the molecule is CC(C)Oc1ccc(CCCNC(=O)C2CCN(S(=O)(=O)c3ccc(F)cc3)CC2)cc1. The van der Waals surface area contributed by atoms with Gasteiger partial charge in [-0.25, -0.2) is 12.8 Å². The molecular formula is C24H31FN2O4S. The van der Waals surface area contributed by atoms with Gasteiger partial charge in [-0.15, -0.1) is 0 Å². The fourth-order valence-electron chi connectivity index (χ4n) is 3.77. The van der Waals surface area contributed by atoms with Gasteiger partial charge in [0.15, 0.2) is 0 Å². The van der Waals surface area contributed by atoms with Crippen LogP contribution in [0, 0.1) is 11.7 Å². The third-order valence-electron chi connectivity index (χ3n) is 5.51. The van der Waals surface area contributed by atoms with E-state index in [1.54, 1.807) is 0 Å². The number of sulfonamides is 1. The van der Waals surface area contributed by atoms with E-state index in [2.05, 4.69) is 5.32 Å². The number of aryl methyl sites for hydroxylation is 1. The van der Waals surface area contributed by atoms with Gasteiger partial charge in [-0.2, -0.15) is 4.31 Å². The van der Waals surface area contributed by atoms with E-state index in [1.165, 1.54) is 22.0 Å². The van der Waals surface area contributed by atoms with E-state index in [9.17, 15) is 17.6 Å². The summed E-state index contributed by atoms with van der Waals surface area (Å²) in [6.07, 6.45) is 2.78. The summed E-state index contributed by atoms with van der Waals surface area (Å²) in [5, 5.41) is 2.98. The van der Waals surface area contributed by atoms with Crippen molar-refractivity contribution in [1.29, 1.82) is 0 Å². The largest absolute Gasteiger partial charge is 0.491 e. The van der Waals surface area contributed by atoms with Crippen LogP contribution < -0.4 is 10.1 Å². The molecule has 0 spiro atoms. The first-order chi connectivity index (χ1) is 15.3. The number of carbonyl (C=O) groups excluding carboxylic acids is 1. The standard InChI is InChI=1S/C24H31FN2O4S/c1-18(2)31-22-9-5-19(6-10-22)4-3-15-26-24(28)20-13-16-27(17-14-20)32(29,30)23-11-7-21(25)8-12-23/h5-12,18,20H,3-4,13-17H2,1-2H3,(H,26,28). The van der Waals surface area contributed by atoms with Crippen LogP contribution in [-0.4, -0.2) is 44.4 Å². The molecule has 0 aromatic heterocycles. The molecule has 2 aromatic carbocycles. The zero-order valence-corrected chi connectivity index (χ0v) is 19.4. The molecule has 1 N–H and O–H groups in total. The Bertz CT molecular complexity index is 984. The van der Waals surface area contributed by atoms with Crippen molar-refractivity contribution in [3.63, 3.8) is 0 Å². The second-order valence-corrected chi connectivity index (χ2v) is 10.3. The Morgan fingerprint density at radius 2 is 1.72 bits per heavy atom. The van der Waals surface area contributed by atoms with E-state index < -0.39 is 15.8 Å². The van der Waals surface area contributed by atoms with Crippen LogP contribution in [0.4, 0.5) is 4.39 Å². The van der Waals surface area contributed by atoms with E-state index >= 15 is 0 Å². The van der Waals surface area contributed by atoms with Gasteiger partial charge in [0.05, 0.1) is 11.0 Å². The van der Waals surface area contributed by atoms with Gasteiger partial charge in [0.1, 0.15) is 11.6 Å². The van der Waals surface area contributed by atoms with Crippen LogP contribution in [0.5, 0.6) is 5.75 Å². The first-order valence-corrected chi connectivity index (χ1v) is 12.5. The second-order valence-electron chi connectivity index (χ2n) is 8.34. The van der Waals surface area contributed by atoms with Gasteiger partial charge < -0.3 is 10.1 Å². The summed E-state index contributed by atoms with van der Waals surface area (Å²) in [5.41, 5.74) is 1.19. The van der Waals surface area contributed by atoms with Gasteiger partial charge in [-0.1, -0.05) is 12.1 Å². The third-order valence-corrected chi connectivity index (χ3v) is 7.43. The lowest BCUT2D eigenvalue weighted by molar-refractivity contribution is -0.126. The molecule has 1 heterocycles. The van der Waals surface area contributed by atoms with Gasteiger partial charge in [0.25, 0.3) is 0 Å². The van der Waals surface area contributed by atoms with Crippen molar-refractivity contribution in [3.05, 3.63) is 59.9 Å². The Morgan fingerprint density at radius 3 is 2.31 bits per heavy atom. The van der Waals surface area contributed by atoms with Gasteiger partial charge in [0, 0.05) is 25.6 Å².